The van der Waals surface area contributed by atoms with Gasteiger partial charge in [-0.25, -0.2) is 0 Å². The summed E-state index contributed by atoms with van der Waals surface area (Å²) in [6, 6.07) is 5.58. The van der Waals surface area contributed by atoms with Crippen LogP contribution in [0.3, 0.4) is 0 Å². The highest BCUT2D eigenvalue weighted by Crippen LogP contribution is 2.19. The Labute approximate surface area is 95.4 Å². The molecule has 86 valence electrons. The largest absolute Gasteiger partial charge is 0.381 e. The third-order valence-electron chi connectivity index (χ3n) is 1.83. The molecule has 0 heterocycles. The first kappa shape index (κ1) is 12.6. The Bertz CT molecular complexity index is 417. The van der Waals surface area contributed by atoms with Crippen molar-refractivity contribution in [1.29, 1.82) is 0 Å². The second-order valence-corrected chi connectivity index (χ2v) is 3.53. The number of nitrogens with one attached hydrogen (secondary N) is 1. The van der Waals surface area contributed by atoms with Crippen LogP contribution in [0.1, 0.15) is 6.92 Å². The molecular formula is C10H8ClF2NO2. The molecule has 0 saturated carbocycles. The summed E-state index contributed by atoms with van der Waals surface area (Å²) in [5.41, 5.74) is 0.148. The summed E-state index contributed by atoms with van der Waals surface area (Å²) >= 11 is 5.57. The van der Waals surface area contributed by atoms with Crippen LogP contribution in [0.2, 0.25) is 5.02 Å². The van der Waals surface area contributed by atoms with Crippen LogP contribution in [0.15, 0.2) is 24.3 Å². The average molecular weight is 248 g/mol. The fourth-order valence-electron chi connectivity index (χ4n) is 0.903. The summed E-state index contributed by atoms with van der Waals surface area (Å²) in [6.45, 7) is 0.654. The maximum atomic E-state index is 12.9. The zero-order valence-corrected chi connectivity index (χ0v) is 9.02. The Morgan fingerprint density at radius 2 is 1.75 bits per heavy atom. The Morgan fingerprint density at radius 1 is 1.25 bits per heavy atom. The lowest BCUT2D eigenvalue weighted by Crippen LogP contribution is -2.40. The molecule has 1 amide bonds. The second kappa shape index (κ2) is 4.57. The van der Waals surface area contributed by atoms with Crippen LogP contribution >= 0.6 is 11.6 Å². The van der Waals surface area contributed by atoms with Crippen LogP contribution in [0, 0.1) is 0 Å². The molecule has 6 heteroatoms. The van der Waals surface area contributed by atoms with E-state index in [0.717, 1.165) is 0 Å². The molecule has 0 aromatic heterocycles. The van der Waals surface area contributed by atoms with Gasteiger partial charge in [-0.1, -0.05) is 11.6 Å². The average Bonchev–Trinajstić information content (AvgIpc) is 2.21. The van der Waals surface area contributed by atoms with Gasteiger partial charge in [0.2, 0.25) is 5.78 Å². The third kappa shape index (κ3) is 2.76. The molecule has 0 bridgehead atoms. The minimum Gasteiger partial charge on any atom is -0.320 e. The summed E-state index contributed by atoms with van der Waals surface area (Å²) in [4.78, 5) is 21.6. The SMILES string of the molecule is CC(=O)C(F)(F)C(=O)Nc1ccc(Cl)cc1. The van der Waals surface area contributed by atoms with E-state index in [1.165, 1.54) is 24.3 Å². The van der Waals surface area contributed by atoms with E-state index in [4.69, 9.17) is 11.6 Å². The van der Waals surface area contributed by atoms with Crippen molar-refractivity contribution in [2.75, 3.05) is 5.32 Å². The van der Waals surface area contributed by atoms with Crippen molar-refractivity contribution in [3.63, 3.8) is 0 Å². The van der Waals surface area contributed by atoms with Crippen LogP contribution < -0.4 is 5.32 Å². The minimum atomic E-state index is -4.01. The standard InChI is InChI=1S/C10H8ClF2NO2/c1-6(15)10(12,13)9(16)14-8-4-2-7(11)3-5-8/h2-5H,1H3,(H,14,16). The molecule has 0 spiro atoms. The fourth-order valence-corrected chi connectivity index (χ4v) is 1.03. The van der Waals surface area contributed by atoms with Crippen molar-refractivity contribution in [3.8, 4) is 0 Å². The first-order valence-corrected chi connectivity index (χ1v) is 4.67. The molecule has 0 aliphatic heterocycles. The number of carbonyl (C=O) groups excluding carboxylic acids is 2. The number of anilines is 1. The molecule has 1 aromatic rings. The van der Waals surface area contributed by atoms with Crippen LogP contribution in [0.25, 0.3) is 0 Å². The number of carbonyl (C=O) groups is 2. The topological polar surface area (TPSA) is 46.2 Å². The Hall–Kier alpha value is -1.49. The predicted molar refractivity (Wildman–Crippen MR) is 55.7 cm³/mol. The summed E-state index contributed by atoms with van der Waals surface area (Å²) in [5.74, 6) is -7.17. The maximum absolute atomic E-state index is 12.9. The number of rotatable bonds is 3. The van der Waals surface area contributed by atoms with Crippen molar-refractivity contribution in [1.82, 2.24) is 0 Å². The zero-order valence-electron chi connectivity index (χ0n) is 8.26. The molecule has 0 aliphatic carbocycles. The van der Waals surface area contributed by atoms with E-state index in [1.54, 1.807) is 0 Å². The molecule has 0 radical (unpaired) electrons. The molecule has 16 heavy (non-hydrogen) atoms. The monoisotopic (exact) mass is 247 g/mol. The Kier molecular flexibility index (Phi) is 3.59. The smallest absolute Gasteiger partial charge is 0.320 e. The van der Waals surface area contributed by atoms with Gasteiger partial charge in [0.1, 0.15) is 0 Å². The molecule has 0 fully saturated rings. The van der Waals surface area contributed by atoms with E-state index < -0.39 is 17.6 Å². The minimum absolute atomic E-state index is 0.148. The van der Waals surface area contributed by atoms with Crippen molar-refractivity contribution in [2.45, 2.75) is 12.8 Å². The van der Waals surface area contributed by atoms with E-state index >= 15 is 0 Å². The molecule has 1 N–H and O–H groups in total. The van der Waals surface area contributed by atoms with Gasteiger partial charge >= 0.3 is 11.8 Å². The van der Waals surface area contributed by atoms with Crippen molar-refractivity contribution >= 4 is 29.0 Å². The highest BCUT2D eigenvalue weighted by Gasteiger charge is 2.44. The number of amides is 1. The van der Waals surface area contributed by atoms with E-state index in [2.05, 4.69) is 0 Å². The number of benzene rings is 1. The second-order valence-electron chi connectivity index (χ2n) is 3.09. The first-order chi connectivity index (χ1) is 7.34. The van der Waals surface area contributed by atoms with Gasteiger partial charge in [-0.2, -0.15) is 8.78 Å². The number of hydrogen-bond donors (Lipinski definition) is 1. The summed E-state index contributed by atoms with van der Waals surface area (Å²) in [5, 5.41) is 2.34. The van der Waals surface area contributed by atoms with E-state index in [9.17, 15) is 18.4 Å². The lowest BCUT2D eigenvalue weighted by atomic mass is 10.2. The fraction of sp³-hybridized carbons (Fsp3) is 0.200. The van der Waals surface area contributed by atoms with Gasteiger partial charge in [-0.15, -0.1) is 0 Å². The van der Waals surface area contributed by atoms with Crippen LogP contribution in [0.5, 0.6) is 0 Å². The number of ketones is 1. The lowest BCUT2D eigenvalue weighted by molar-refractivity contribution is -0.153. The van der Waals surface area contributed by atoms with Gasteiger partial charge < -0.3 is 5.32 Å². The van der Waals surface area contributed by atoms with Gasteiger partial charge in [-0.3, -0.25) is 9.59 Å². The van der Waals surface area contributed by atoms with Gasteiger partial charge in [0.25, 0.3) is 0 Å². The zero-order chi connectivity index (χ0) is 12.3. The van der Waals surface area contributed by atoms with Crippen LogP contribution in [0.4, 0.5) is 14.5 Å². The van der Waals surface area contributed by atoms with Gasteiger partial charge in [0.05, 0.1) is 0 Å². The molecular weight excluding hydrogens is 240 g/mol. The van der Waals surface area contributed by atoms with Crippen LogP contribution in [-0.4, -0.2) is 17.6 Å². The van der Waals surface area contributed by atoms with Crippen molar-refractivity contribution in [2.24, 2.45) is 0 Å². The van der Waals surface area contributed by atoms with Gasteiger partial charge in [0.15, 0.2) is 0 Å². The maximum Gasteiger partial charge on any atom is 0.381 e. The third-order valence-corrected chi connectivity index (χ3v) is 2.08. The number of alkyl halides is 2. The van der Waals surface area contributed by atoms with Gasteiger partial charge in [-0.05, 0) is 24.3 Å². The van der Waals surface area contributed by atoms with Gasteiger partial charge in [0, 0.05) is 17.6 Å². The van der Waals surface area contributed by atoms with E-state index in [0.29, 0.717) is 11.9 Å². The molecule has 0 aliphatic rings. The summed E-state index contributed by atoms with van der Waals surface area (Å²) in [7, 11) is 0. The highest BCUT2D eigenvalue weighted by molar-refractivity contribution is 6.30. The summed E-state index contributed by atoms with van der Waals surface area (Å²) in [6.07, 6.45) is 0. The number of halogens is 3. The predicted octanol–water partition coefficient (Wildman–Crippen LogP) is 2.50. The molecule has 1 aromatic carbocycles. The number of hydrogen-bond acceptors (Lipinski definition) is 2. The Morgan fingerprint density at radius 3 is 2.19 bits per heavy atom. The number of Topliss-reactive ketones (excluding diaryl/α,β-unsaturated/α-hetero) is 1. The van der Waals surface area contributed by atoms with E-state index in [1.807, 2.05) is 5.32 Å². The molecule has 1 rings (SSSR count). The van der Waals surface area contributed by atoms with Crippen LogP contribution in [-0.2, 0) is 9.59 Å². The first-order valence-electron chi connectivity index (χ1n) is 4.30. The normalized spacial score (nSPS) is 11.0. The molecule has 0 unspecified atom stereocenters. The quantitative estimate of drug-likeness (QED) is 0.834. The molecule has 3 nitrogen and oxygen atoms in total. The molecule has 0 saturated heterocycles. The molecule has 0 atom stereocenters. The lowest BCUT2D eigenvalue weighted by Gasteiger charge is -2.12. The van der Waals surface area contributed by atoms with Crippen molar-refractivity contribution in [3.05, 3.63) is 29.3 Å². The van der Waals surface area contributed by atoms with E-state index in [-0.39, 0.29) is 5.69 Å². The highest BCUT2D eigenvalue weighted by atomic mass is 35.5. The summed E-state index contributed by atoms with van der Waals surface area (Å²) < 4.78 is 25.8. The Balaban J connectivity index is 2.79. The van der Waals surface area contributed by atoms with Crippen molar-refractivity contribution < 1.29 is 18.4 Å².